The molecule has 1 aromatic rings. The summed E-state index contributed by atoms with van der Waals surface area (Å²) < 4.78 is 29.1. The van der Waals surface area contributed by atoms with E-state index in [0.717, 1.165) is 0 Å². The van der Waals surface area contributed by atoms with Crippen molar-refractivity contribution in [2.75, 3.05) is 13.1 Å². The molecular formula is C13H16F2N2O3. The number of benzene rings is 1. The number of nitrogens with zero attached hydrogens (tertiary/aromatic N) is 1. The highest BCUT2D eigenvalue weighted by Gasteiger charge is 2.41. The van der Waals surface area contributed by atoms with Crippen LogP contribution in [0, 0.1) is 0 Å². The van der Waals surface area contributed by atoms with Crippen molar-refractivity contribution in [3.8, 4) is 5.75 Å². The second-order valence-corrected chi connectivity index (χ2v) is 4.91. The lowest BCUT2D eigenvalue weighted by Gasteiger charge is -2.21. The predicted molar refractivity (Wildman–Crippen MR) is 67.5 cm³/mol. The van der Waals surface area contributed by atoms with Gasteiger partial charge in [-0.15, -0.1) is 0 Å². The molecule has 20 heavy (non-hydrogen) atoms. The number of alkyl halides is 2. The number of rotatable bonds is 5. The summed E-state index contributed by atoms with van der Waals surface area (Å²) in [7, 11) is 0. The summed E-state index contributed by atoms with van der Waals surface area (Å²) >= 11 is 0. The van der Waals surface area contributed by atoms with E-state index < -0.39 is 18.1 Å². The van der Waals surface area contributed by atoms with E-state index in [4.69, 9.17) is 10.8 Å². The molecule has 1 fully saturated rings. The molecule has 1 atom stereocenters. The summed E-state index contributed by atoms with van der Waals surface area (Å²) in [6.45, 7) is -1.87. The maximum absolute atomic E-state index is 12.3. The molecule has 110 valence electrons. The number of nitrogens with two attached hydrogens (primary N) is 1. The minimum atomic E-state index is -2.89. The van der Waals surface area contributed by atoms with Crippen LogP contribution in [0.5, 0.6) is 5.75 Å². The summed E-state index contributed by atoms with van der Waals surface area (Å²) in [6.07, 6.45) is 0.334. The van der Waals surface area contributed by atoms with E-state index in [2.05, 4.69) is 4.74 Å². The lowest BCUT2D eigenvalue weighted by molar-refractivity contribution is -0.142. The van der Waals surface area contributed by atoms with Gasteiger partial charge in [0, 0.05) is 25.2 Å². The second-order valence-electron chi connectivity index (χ2n) is 4.91. The van der Waals surface area contributed by atoms with Crippen molar-refractivity contribution in [1.29, 1.82) is 0 Å². The Morgan fingerprint density at radius 1 is 1.50 bits per heavy atom. The zero-order chi connectivity index (χ0) is 14.8. The Morgan fingerprint density at radius 2 is 2.20 bits per heavy atom. The highest BCUT2D eigenvalue weighted by molar-refractivity contribution is 5.79. The summed E-state index contributed by atoms with van der Waals surface area (Å²) in [6, 6.07) is 6.46. The number of ether oxygens (including phenoxy) is 1. The largest absolute Gasteiger partial charge is 0.480 e. The van der Waals surface area contributed by atoms with Gasteiger partial charge >= 0.3 is 12.6 Å². The van der Waals surface area contributed by atoms with Crippen LogP contribution in [0.4, 0.5) is 8.78 Å². The molecule has 1 aromatic carbocycles. The van der Waals surface area contributed by atoms with Gasteiger partial charge < -0.3 is 15.6 Å². The Hall–Kier alpha value is -1.73. The SMILES string of the molecule is NC1(C(=O)O)CCN(Cc2ccccc2OC(F)F)C1. The van der Waals surface area contributed by atoms with E-state index in [1.165, 1.54) is 6.07 Å². The van der Waals surface area contributed by atoms with Gasteiger partial charge in [0.2, 0.25) is 0 Å². The molecule has 1 saturated heterocycles. The molecule has 0 bridgehead atoms. The average Bonchev–Trinajstić information content (AvgIpc) is 2.74. The Labute approximate surface area is 114 Å². The molecule has 1 unspecified atom stereocenters. The van der Waals surface area contributed by atoms with Crippen molar-refractivity contribution in [2.24, 2.45) is 5.73 Å². The Bertz CT molecular complexity index is 498. The van der Waals surface area contributed by atoms with E-state index in [1.807, 2.05) is 4.90 Å². The summed E-state index contributed by atoms with van der Waals surface area (Å²) in [5.41, 5.74) is 5.09. The van der Waals surface area contributed by atoms with Crippen LogP contribution in [0.2, 0.25) is 0 Å². The number of carboxylic acid groups (broad SMARTS) is 1. The lowest BCUT2D eigenvalue weighted by atomic mass is 10.0. The first-order valence-electron chi connectivity index (χ1n) is 6.18. The zero-order valence-electron chi connectivity index (χ0n) is 10.8. The van der Waals surface area contributed by atoms with Crippen LogP contribution in [0.3, 0.4) is 0 Å². The van der Waals surface area contributed by atoms with E-state index in [0.29, 0.717) is 25.1 Å². The van der Waals surface area contributed by atoms with Crippen molar-refractivity contribution in [1.82, 2.24) is 4.90 Å². The maximum Gasteiger partial charge on any atom is 0.387 e. The molecule has 0 saturated carbocycles. The fourth-order valence-corrected chi connectivity index (χ4v) is 2.31. The normalized spacial score (nSPS) is 23.2. The van der Waals surface area contributed by atoms with Crippen LogP contribution in [0.25, 0.3) is 0 Å². The zero-order valence-corrected chi connectivity index (χ0v) is 10.8. The molecule has 1 heterocycles. The Kier molecular flexibility index (Phi) is 4.20. The monoisotopic (exact) mass is 286 g/mol. The number of carbonyl (C=O) groups is 1. The number of hydrogen-bond acceptors (Lipinski definition) is 4. The van der Waals surface area contributed by atoms with Gasteiger partial charge in [0.05, 0.1) is 0 Å². The van der Waals surface area contributed by atoms with Gasteiger partial charge in [-0.2, -0.15) is 8.78 Å². The molecule has 0 spiro atoms. The fraction of sp³-hybridized carbons (Fsp3) is 0.462. The quantitative estimate of drug-likeness (QED) is 0.852. The molecule has 0 aliphatic carbocycles. The predicted octanol–water partition coefficient (Wildman–Crippen LogP) is 1.28. The molecule has 0 radical (unpaired) electrons. The third kappa shape index (κ3) is 3.23. The second kappa shape index (κ2) is 5.72. The number of halogens is 2. The van der Waals surface area contributed by atoms with Crippen molar-refractivity contribution >= 4 is 5.97 Å². The number of likely N-dealkylation sites (tertiary alicyclic amines) is 1. The van der Waals surface area contributed by atoms with Crippen LogP contribution in [0.1, 0.15) is 12.0 Å². The van der Waals surface area contributed by atoms with E-state index in [1.54, 1.807) is 18.2 Å². The first-order valence-corrected chi connectivity index (χ1v) is 6.18. The van der Waals surface area contributed by atoms with E-state index >= 15 is 0 Å². The number of para-hydroxylation sites is 1. The van der Waals surface area contributed by atoms with E-state index in [-0.39, 0.29) is 12.3 Å². The average molecular weight is 286 g/mol. The number of aliphatic carboxylic acids is 1. The van der Waals surface area contributed by atoms with Crippen molar-refractivity contribution in [3.63, 3.8) is 0 Å². The summed E-state index contributed by atoms with van der Waals surface area (Å²) in [5, 5.41) is 9.05. The van der Waals surface area contributed by atoms with Crippen molar-refractivity contribution in [2.45, 2.75) is 25.1 Å². The van der Waals surface area contributed by atoms with E-state index in [9.17, 15) is 13.6 Å². The Morgan fingerprint density at radius 3 is 2.80 bits per heavy atom. The van der Waals surface area contributed by atoms with Gasteiger partial charge in [0.1, 0.15) is 11.3 Å². The number of carboxylic acids is 1. The molecule has 0 amide bonds. The fourth-order valence-electron chi connectivity index (χ4n) is 2.31. The van der Waals surface area contributed by atoms with Gasteiger partial charge in [-0.1, -0.05) is 18.2 Å². The lowest BCUT2D eigenvalue weighted by Crippen LogP contribution is -2.50. The molecule has 5 nitrogen and oxygen atoms in total. The Balaban J connectivity index is 2.06. The van der Waals surface area contributed by atoms with Crippen LogP contribution >= 0.6 is 0 Å². The first-order chi connectivity index (χ1) is 9.40. The maximum atomic E-state index is 12.3. The number of hydrogen-bond donors (Lipinski definition) is 2. The standard InChI is InChI=1S/C13H16F2N2O3/c14-12(15)20-10-4-2-1-3-9(10)7-17-6-5-13(16,8-17)11(18)19/h1-4,12H,5-8,16H2,(H,18,19). The topological polar surface area (TPSA) is 75.8 Å². The van der Waals surface area contributed by atoms with Gasteiger partial charge in [0.15, 0.2) is 0 Å². The van der Waals surface area contributed by atoms with Crippen molar-refractivity contribution < 1.29 is 23.4 Å². The smallest absolute Gasteiger partial charge is 0.387 e. The highest BCUT2D eigenvalue weighted by atomic mass is 19.3. The molecule has 0 aromatic heterocycles. The molecule has 2 rings (SSSR count). The van der Waals surface area contributed by atoms with Gasteiger partial charge in [-0.05, 0) is 12.5 Å². The first kappa shape index (κ1) is 14.7. The van der Waals surface area contributed by atoms with Crippen LogP contribution in [0.15, 0.2) is 24.3 Å². The minimum Gasteiger partial charge on any atom is -0.480 e. The van der Waals surface area contributed by atoms with Gasteiger partial charge in [0.25, 0.3) is 0 Å². The van der Waals surface area contributed by atoms with Gasteiger partial charge in [-0.25, -0.2) is 0 Å². The van der Waals surface area contributed by atoms with Crippen molar-refractivity contribution in [3.05, 3.63) is 29.8 Å². The molecule has 7 heteroatoms. The molecule has 1 aliphatic heterocycles. The summed E-state index contributed by atoms with van der Waals surface area (Å²) in [4.78, 5) is 12.9. The summed E-state index contributed by atoms with van der Waals surface area (Å²) in [5.74, 6) is -0.940. The molecular weight excluding hydrogens is 270 g/mol. The van der Waals surface area contributed by atoms with Gasteiger partial charge in [-0.3, -0.25) is 9.69 Å². The molecule has 1 aliphatic rings. The molecule has 3 N–H and O–H groups in total. The third-order valence-corrected chi connectivity index (χ3v) is 3.39. The third-order valence-electron chi connectivity index (χ3n) is 3.39. The van der Waals surface area contributed by atoms with Crippen LogP contribution in [-0.2, 0) is 11.3 Å². The van der Waals surface area contributed by atoms with Crippen LogP contribution < -0.4 is 10.5 Å². The highest BCUT2D eigenvalue weighted by Crippen LogP contribution is 2.26. The van der Waals surface area contributed by atoms with Crippen LogP contribution in [-0.4, -0.2) is 41.2 Å². The minimum absolute atomic E-state index is 0.104.